The van der Waals surface area contributed by atoms with Crippen LogP contribution >= 0.6 is 37.0 Å². The van der Waals surface area contributed by atoms with Gasteiger partial charge in [-0.05, 0) is 42.2 Å². The Morgan fingerprint density at radius 1 is 0.778 bits per heavy atom. The maximum atomic E-state index is 4.91. The molecule has 1 aliphatic heterocycles. The van der Waals surface area contributed by atoms with Crippen molar-refractivity contribution in [3.05, 3.63) is 94.2 Å². The summed E-state index contributed by atoms with van der Waals surface area (Å²) in [6.07, 6.45) is 1.07. The predicted octanol–water partition coefficient (Wildman–Crippen LogP) is 7.17. The van der Waals surface area contributed by atoms with Crippen LogP contribution in [0.2, 0.25) is 0 Å². The molecule has 0 N–H and O–H groups in total. The van der Waals surface area contributed by atoms with Crippen LogP contribution in [0, 0.1) is 0 Å². The molecule has 4 heteroatoms. The monoisotopic (exact) mass is 407 g/mol. The van der Waals surface area contributed by atoms with E-state index in [9.17, 15) is 0 Å². The van der Waals surface area contributed by atoms with E-state index >= 15 is 0 Å². The van der Waals surface area contributed by atoms with Gasteiger partial charge in [0.1, 0.15) is 0 Å². The number of fused-ring (bicyclic) bond motifs is 2. The van der Waals surface area contributed by atoms with Crippen molar-refractivity contribution >= 4 is 59.7 Å². The minimum Gasteiger partial charge on any atom is -0.309 e. The molecule has 0 saturated carbocycles. The highest BCUT2D eigenvalue weighted by Gasteiger charge is 2.28. The molecule has 0 fully saturated rings. The van der Waals surface area contributed by atoms with Gasteiger partial charge in [0.15, 0.2) is 0 Å². The predicted molar refractivity (Wildman–Crippen MR) is 127 cm³/mol. The van der Waals surface area contributed by atoms with E-state index in [2.05, 4.69) is 96.4 Å². The molecule has 0 bridgehead atoms. The number of hydrogen-bond acceptors (Lipinski definition) is 4. The molecular formula is C23H21NS3. The van der Waals surface area contributed by atoms with Gasteiger partial charge in [0, 0.05) is 26.6 Å². The first kappa shape index (κ1) is 18.6. The molecule has 0 amide bonds. The van der Waals surface area contributed by atoms with Gasteiger partial charge >= 0.3 is 0 Å². The van der Waals surface area contributed by atoms with Crippen LogP contribution in [-0.4, -0.2) is 11.5 Å². The largest absolute Gasteiger partial charge is 0.309 e. The quantitative estimate of drug-likeness (QED) is 0.267. The molecule has 3 aromatic carbocycles. The SMILES string of the molecule is SCCCSC(S)=C1c2ccccc2N(c2ccccc2)c2ccccc21. The summed E-state index contributed by atoms with van der Waals surface area (Å²) >= 11 is 11.1. The average molecular weight is 408 g/mol. The van der Waals surface area contributed by atoms with E-state index < -0.39 is 0 Å². The lowest BCUT2D eigenvalue weighted by Gasteiger charge is -2.35. The number of thiol groups is 2. The van der Waals surface area contributed by atoms with Gasteiger partial charge in [-0.2, -0.15) is 12.6 Å². The van der Waals surface area contributed by atoms with Gasteiger partial charge in [-0.15, -0.1) is 24.4 Å². The van der Waals surface area contributed by atoms with E-state index in [1.54, 1.807) is 0 Å². The fourth-order valence-corrected chi connectivity index (χ4v) is 5.16. The summed E-state index contributed by atoms with van der Waals surface area (Å²) in [4.78, 5) is 2.34. The second kappa shape index (κ2) is 8.51. The molecular weight excluding hydrogens is 386 g/mol. The number of nitrogens with zero attached hydrogens (tertiary/aromatic N) is 1. The Hall–Kier alpha value is -1.75. The second-order valence-electron chi connectivity index (χ2n) is 6.31. The summed E-state index contributed by atoms with van der Waals surface area (Å²) < 4.78 is 1.07. The molecule has 3 aromatic rings. The third-order valence-corrected chi connectivity index (χ3v) is 6.50. The van der Waals surface area contributed by atoms with E-state index in [4.69, 9.17) is 12.6 Å². The molecule has 27 heavy (non-hydrogen) atoms. The van der Waals surface area contributed by atoms with E-state index in [0.29, 0.717) is 0 Å². The van der Waals surface area contributed by atoms with Gasteiger partial charge < -0.3 is 4.90 Å². The van der Waals surface area contributed by atoms with E-state index in [1.165, 1.54) is 33.8 Å². The standard InChI is InChI=1S/C23H21NS3/c25-15-8-16-27-23(26)22-18-11-4-6-13-20(18)24(17-9-2-1-3-10-17)21-14-7-5-12-19(21)22/h1-7,9-14,25-26H,8,15-16H2. The third-order valence-electron chi connectivity index (χ3n) is 4.60. The Kier molecular flexibility index (Phi) is 5.86. The Bertz CT molecular complexity index is 917. The first-order valence-electron chi connectivity index (χ1n) is 9.02. The third kappa shape index (κ3) is 3.66. The lowest BCUT2D eigenvalue weighted by molar-refractivity contribution is 1.13. The number of anilines is 3. The molecule has 0 aromatic heterocycles. The van der Waals surface area contributed by atoms with Crippen LogP contribution in [0.5, 0.6) is 0 Å². The molecule has 0 unspecified atom stereocenters. The van der Waals surface area contributed by atoms with Gasteiger partial charge in [0.05, 0.1) is 11.4 Å². The van der Waals surface area contributed by atoms with Crippen LogP contribution in [0.1, 0.15) is 17.5 Å². The van der Waals surface area contributed by atoms with Gasteiger partial charge in [0.25, 0.3) is 0 Å². The first-order valence-corrected chi connectivity index (χ1v) is 11.1. The molecule has 1 nitrogen and oxygen atoms in total. The summed E-state index contributed by atoms with van der Waals surface area (Å²) in [6.45, 7) is 0. The molecule has 0 saturated heterocycles. The highest BCUT2D eigenvalue weighted by Crippen LogP contribution is 2.51. The van der Waals surface area contributed by atoms with Crippen LogP contribution < -0.4 is 4.90 Å². The lowest BCUT2D eigenvalue weighted by atomic mass is 9.91. The van der Waals surface area contributed by atoms with Crippen molar-refractivity contribution in [2.45, 2.75) is 6.42 Å². The molecule has 0 atom stereocenters. The van der Waals surface area contributed by atoms with Gasteiger partial charge in [-0.25, -0.2) is 0 Å². The normalized spacial score (nSPS) is 12.5. The Labute approximate surface area is 176 Å². The minimum absolute atomic E-state index is 0.901. The number of rotatable bonds is 5. The summed E-state index contributed by atoms with van der Waals surface area (Å²) in [7, 11) is 0. The maximum absolute atomic E-state index is 4.91. The average Bonchev–Trinajstić information content (AvgIpc) is 2.72. The fourth-order valence-electron chi connectivity index (χ4n) is 3.43. The van der Waals surface area contributed by atoms with Crippen molar-refractivity contribution in [1.82, 2.24) is 0 Å². The fraction of sp³-hybridized carbons (Fsp3) is 0.130. The molecule has 0 spiro atoms. The van der Waals surface area contributed by atoms with Crippen molar-refractivity contribution in [1.29, 1.82) is 0 Å². The maximum Gasteiger partial charge on any atom is 0.0541 e. The number of benzene rings is 3. The molecule has 4 rings (SSSR count). The topological polar surface area (TPSA) is 3.24 Å². The lowest BCUT2D eigenvalue weighted by Crippen LogP contribution is -2.18. The molecule has 0 aliphatic carbocycles. The van der Waals surface area contributed by atoms with Gasteiger partial charge in [-0.1, -0.05) is 54.6 Å². The first-order chi connectivity index (χ1) is 13.3. The van der Waals surface area contributed by atoms with Crippen molar-refractivity contribution in [3.8, 4) is 0 Å². The highest BCUT2D eigenvalue weighted by molar-refractivity contribution is 8.15. The van der Waals surface area contributed by atoms with E-state index in [0.717, 1.165) is 22.2 Å². The van der Waals surface area contributed by atoms with Crippen LogP contribution in [-0.2, 0) is 0 Å². The second-order valence-corrected chi connectivity index (χ2v) is 8.61. The summed E-state index contributed by atoms with van der Waals surface area (Å²) in [5.74, 6) is 1.93. The molecule has 1 heterocycles. The zero-order valence-electron chi connectivity index (χ0n) is 14.9. The highest BCUT2D eigenvalue weighted by atomic mass is 32.2. The summed E-state index contributed by atoms with van der Waals surface area (Å²) in [5.41, 5.74) is 7.23. The van der Waals surface area contributed by atoms with Crippen LogP contribution in [0.4, 0.5) is 17.1 Å². The van der Waals surface area contributed by atoms with Crippen LogP contribution in [0.3, 0.4) is 0 Å². The minimum atomic E-state index is 0.901. The summed E-state index contributed by atoms with van der Waals surface area (Å²) in [6, 6.07) is 27.8. The van der Waals surface area contributed by atoms with Crippen molar-refractivity contribution in [3.63, 3.8) is 0 Å². The van der Waals surface area contributed by atoms with Crippen molar-refractivity contribution in [2.24, 2.45) is 0 Å². The Morgan fingerprint density at radius 2 is 1.33 bits per heavy atom. The van der Waals surface area contributed by atoms with E-state index in [-0.39, 0.29) is 0 Å². The zero-order chi connectivity index (χ0) is 18.6. The number of thioether (sulfide) groups is 1. The summed E-state index contributed by atoms with van der Waals surface area (Å²) in [5, 5.41) is 0. The van der Waals surface area contributed by atoms with Crippen LogP contribution in [0.15, 0.2) is 83.1 Å². The Balaban J connectivity index is 1.92. The Morgan fingerprint density at radius 3 is 1.93 bits per heavy atom. The van der Waals surface area contributed by atoms with Crippen molar-refractivity contribution in [2.75, 3.05) is 16.4 Å². The van der Waals surface area contributed by atoms with Gasteiger partial charge in [-0.3, -0.25) is 0 Å². The number of hydrogen-bond donors (Lipinski definition) is 2. The molecule has 0 radical (unpaired) electrons. The van der Waals surface area contributed by atoms with Crippen LogP contribution in [0.25, 0.3) is 5.57 Å². The smallest absolute Gasteiger partial charge is 0.0541 e. The zero-order valence-corrected chi connectivity index (χ0v) is 17.5. The van der Waals surface area contributed by atoms with E-state index in [1.807, 2.05) is 11.8 Å². The molecule has 136 valence electrons. The van der Waals surface area contributed by atoms with Gasteiger partial charge in [0.2, 0.25) is 0 Å². The molecule has 1 aliphatic rings. The number of para-hydroxylation sites is 3. The van der Waals surface area contributed by atoms with Crippen molar-refractivity contribution < 1.29 is 0 Å².